The molecule has 1 unspecified atom stereocenters. The maximum absolute atomic E-state index is 12.6. The third kappa shape index (κ3) is 4.10. The van der Waals surface area contributed by atoms with E-state index in [4.69, 9.17) is 4.74 Å². The molecule has 1 atom stereocenters. The Kier molecular flexibility index (Phi) is 6.93. The largest absolute Gasteiger partial charge is 0.497 e. The van der Waals surface area contributed by atoms with Crippen LogP contribution in [0.15, 0.2) is 27.6 Å². The lowest BCUT2D eigenvalue weighted by molar-refractivity contribution is 0.413. The summed E-state index contributed by atoms with van der Waals surface area (Å²) < 4.78 is 32.5. The molecule has 5 nitrogen and oxygen atoms in total. The van der Waals surface area contributed by atoms with Gasteiger partial charge in [0.2, 0.25) is 10.0 Å². The van der Waals surface area contributed by atoms with Crippen molar-refractivity contribution in [3.8, 4) is 5.75 Å². The van der Waals surface area contributed by atoms with Gasteiger partial charge in [0.15, 0.2) is 0 Å². The zero-order chi connectivity index (χ0) is 14.8. The summed E-state index contributed by atoms with van der Waals surface area (Å²) in [7, 11) is -0.00200. The van der Waals surface area contributed by atoms with Gasteiger partial charge in [-0.25, -0.2) is 8.42 Å². The third-order valence-electron chi connectivity index (χ3n) is 3.50. The number of benzene rings is 1. The van der Waals surface area contributed by atoms with E-state index in [0.717, 1.165) is 13.0 Å². The first-order valence-corrected chi connectivity index (χ1v) is 8.70. The first kappa shape index (κ1) is 18.7. The van der Waals surface area contributed by atoms with Crippen LogP contribution in [-0.2, 0) is 10.0 Å². The van der Waals surface area contributed by atoms with Crippen LogP contribution < -0.4 is 10.1 Å². The lowest BCUT2D eigenvalue weighted by Gasteiger charge is -2.18. The zero-order valence-electron chi connectivity index (χ0n) is 12.0. The molecule has 0 saturated carbocycles. The van der Waals surface area contributed by atoms with E-state index >= 15 is 0 Å². The van der Waals surface area contributed by atoms with Crippen molar-refractivity contribution in [2.75, 3.05) is 33.8 Å². The van der Waals surface area contributed by atoms with E-state index in [-0.39, 0.29) is 12.4 Å². The second kappa shape index (κ2) is 7.78. The van der Waals surface area contributed by atoms with Crippen LogP contribution in [0.25, 0.3) is 0 Å². The summed E-state index contributed by atoms with van der Waals surface area (Å²) in [4.78, 5) is 0.295. The van der Waals surface area contributed by atoms with Crippen LogP contribution in [0.5, 0.6) is 5.75 Å². The summed E-state index contributed by atoms with van der Waals surface area (Å²) in [5, 5.41) is 3.10. The Bertz CT molecular complexity index is 583. The van der Waals surface area contributed by atoms with Gasteiger partial charge in [0.1, 0.15) is 5.75 Å². The number of nitrogens with one attached hydrogen (secondary N) is 1. The predicted octanol–water partition coefficient (Wildman–Crippen LogP) is 2.11. The van der Waals surface area contributed by atoms with E-state index in [0.29, 0.717) is 34.1 Å². The number of sulfonamides is 1. The van der Waals surface area contributed by atoms with Crippen molar-refractivity contribution in [1.29, 1.82) is 0 Å². The molecule has 120 valence electrons. The number of rotatable bonds is 5. The molecule has 1 aliphatic heterocycles. The van der Waals surface area contributed by atoms with E-state index in [9.17, 15) is 8.42 Å². The van der Waals surface area contributed by atoms with E-state index in [1.54, 1.807) is 29.6 Å². The summed E-state index contributed by atoms with van der Waals surface area (Å²) >= 11 is 3.32. The normalized spacial score (nSPS) is 19.3. The molecule has 1 aliphatic rings. The quantitative estimate of drug-likeness (QED) is 0.824. The van der Waals surface area contributed by atoms with Gasteiger partial charge in [0, 0.05) is 17.6 Å². The molecule has 1 saturated heterocycles. The van der Waals surface area contributed by atoms with Crippen molar-refractivity contribution >= 4 is 38.4 Å². The van der Waals surface area contributed by atoms with E-state index < -0.39 is 10.0 Å². The summed E-state index contributed by atoms with van der Waals surface area (Å²) in [6.07, 6.45) is 0.897. The molecule has 8 heteroatoms. The highest BCUT2D eigenvalue weighted by Crippen LogP contribution is 2.31. The molecular weight excluding hydrogens is 380 g/mol. The Morgan fingerprint density at radius 2 is 2.19 bits per heavy atom. The van der Waals surface area contributed by atoms with Crippen LogP contribution in [0.4, 0.5) is 0 Å². The standard InChI is InChI=1S/C13H19BrN2O3S.ClH/c1-15-8-10-5-6-16(9-10)20(17,18)13-4-3-11(19-2)7-12(13)14;/h3-4,7,10,15H,5-6,8-9H2,1-2H3;1H. The Morgan fingerprint density at radius 1 is 1.48 bits per heavy atom. The predicted molar refractivity (Wildman–Crippen MR) is 88.7 cm³/mol. The molecule has 0 aliphatic carbocycles. The number of hydrogen-bond donors (Lipinski definition) is 1. The van der Waals surface area contributed by atoms with Gasteiger partial charge in [-0.2, -0.15) is 4.31 Å². The fraction of sp³-hybridized carbons (Fsp3) is 0.538. The average Bonchev–Trinajstić information content (AvgIpc) is 2.88. The average molecular weight is 400 g/mol. The highest BCUT2D eigenvalue weighted by Gasteiger charge is 2.33. The Hall–Kier alpha value is -0.340. The minimum Gasteiger partial charge on any atom is -0.497 e. The lowest BCUT2D eigenvalue weighted by Crippen LogP contribution is -2.30. The Morgan fingerprint density at radius 3 is 2.76 bits per heavy atom. The number of hydrogen-bond acceptors (Lipinski definition) is 4. The molecule has 1 aromatic rings. The van der Waals surface area contributed by atoms with E-state index in [2.05, 4.69) is 21.2 Å². The van der Waals surface area contributed by atoms with Gasteiger partial charge in [-0.15, -0.1) is 12.4 Å². The second-order valence-corrected chi connectivity index (χ2v) is 7.63. The highest BCUT2D eigenvalue weighted by atomic mass is 79.9. The Labute approximate surface area is 140 Å². The van der Waals surface area contributed by atoms with Crippen LogP contribution in [0.1, 0.15) is 6.42 Å². The number of halogens is 2. The third-order valence-corrected chi connectivity index (χ3v) is 6.34. The first-order valence-electron chi connectivity index (χ1n) is 6.47. The van der Waals surface area contributed by atoms with Crippen molar-refractivity contribution in [3.63, 3.8) is 0 Å². The molecular formula is C13H20BrClN2O3S. The maximum Gasteiger partial charge on any atom is 0.244 e. The smallest absolute Gasteiger partial charge is 0.244 e. The number of ether oxygens (including phenoxy) is 1. The van der Waals surface area contributed by atoms with Crippen LogP contribution in [0.2, 0.25) is 0 Å². The van der Waals surface area contributed by atoms with Crippen molar-refractivity contribution < 1.29 is 13.2 Å². The van der Waals surface area contributed by atoms with Gasteiger partial charge in [0.25, 0.3) is 0 Å². The van der Waals surface area contributed by atoms with Crippen molar-refractivity contribution in [1.82, 2.24) is 9.62 Å². The fourth-order valence-corrected chi connectivity index (χ4v) is 4.98. The lowest BCUT2D eigenvalue weighted by atomic mass is 10.1. The number of nitrogens with zero attached hydrogens (tertiary/aromatic N) is 1. The van der Waals surface area contributed by atoms with Crippen molar-refractivity contribution in [2.45, 2.75) is 11.3 Å². The van der Waals surface area contributed by atoms with Crippen LogP contribution >= 0.6 is 28.3 Å². The molecule has 1 fully saturated rings. The van der Waals surface area contributed by atoms with Crippen LogP contribution in [0.3, 0.4) is 0 Å². The molecule has 1 aromatic carbocycles. The minimum absolute atomic E-state index is 0. The number of methoxy groups -OCH3 is 1. The summed E-state index contributed by atoms with van der Waals surface area (Å²) in [6, 6.07) is 4.93. The van der Waals surface area contributed by atoms with Gasteiger partial charge >= 0.3 is 0 Å². The Balaban J connectivity index is 0.00000220. The van der Waals surface area contributed by atoms with E-state index in [1.807, 2.05) is 7.05 Å². The maximum atomic E-state index is 12.6. The molecule has 0 spiro atoms. The van der Waals surface area contributed by atoms with Crippen LogP contribution in [-0.4, -0.2) is 46.5 Å². The second-order valence-electron chi connectivity index (χ2n) is 4.87. The summed E-state index contributed by atoms with van der Waals surface area (Å²) in [5.41, 5.74) is 0. The molecule has 1 heterocycles. The summed E-state index contributed by atoms with van der Waals surface area (Å²) in [5.74, 6) is 1.01. The van der Waals surface area contributed by atoms with E-state index in [1.165, 1.54) is 0 Å². The molecule has 0 aromatic heterocycles. The molecule has 0 radical (unpaired) electrons. The molecule has 0 bridgehead atoms. The molecule has 1 N–H and O–H groups in total. The monoisotopic (exact) mass is 398 g/mol. The fourth-order valence-electron chi connectivity index (χ4n) is 2.43. The first-order chi connectivity index (χ1) is 9.48. The highest BCUT2D eigenvalue weighted by molar-refractivity contribution is 9.10. The topological polar surface area (TPSA) is 58.6 Å². The minimum atomic E-state index is -3.44. The van der Waals surface area contributed by atoms with Gasteiger partial charge in [-0.05, 0) is 60.1 Å². The van der Waals surface area contributed by atoms with Crippen LogP contribution in [0, 0.1) is 5.92 Å². The SMILES string of the molecule is CNCC1CCN(S(=O)(=O)c2ccc(OC)cc2Br)C1.Cl. The zero-order valence-corrected chi connectivity index (χ0v) is 15.2. The van der Waals surface area contributed by atoms with Gasteiger partial charge in [-0.1, -0.05) is 0 Å². The molecule has 0 amide bonds. The molecule has 2 rings (SSSR count). The molecule has 21 heavy (non-hydrogen) atoms. The van der Waals surface area contributed by atoms with Gasteiger partial charge in [-0.3, -0.25) is 0 Å². The van der Waals surface area contributed by atoms with Crippen molar-refractivity contribution in [2.24, 2.45) is 5.92 Å². The van der Waals surface area contributed by atoms with Gasteiger partial charge < -0.3 is 10.1 Å². The summed E-state index contributed by atoms with van der Waals surface area (Å²) in [6.45, 7) is 1.99. The van der Waals surface area contributed by atoms with Gasteiger partial charge in [0.05, 0.1) is 12.0 Å². The van der Waals surface area contributed by atoms with Crippen molar-refractivity contribution in [3.05, 3.63) is 22.7 Å².